The molecule has 0 radical (unpaired) electrons. The molecule has 24 heavy (non-hydrogen) atoms. The maximum Gasteiger partial charge on any atom is 0.175 e. The first kappa shape index (κ1) is 18.5. The maximum absolute atomic E-state index is 5.71. The minimum atomic E-state index is 0.440. The van der Waals surface area contributed by atoms with Gasteiger partial charge in [-0.25, -0.2) is 0 Å². The van der Waals surface area contributed by atoms with Crippen molar-refractivity contribution in [1.82, 2.24) is 10.3 Å². The molecule has 0 aliphatic rings. The molecular weight excluding hydrogens is 368 g/mol. The number of hydrogen-bond donors (Lipinski definition) is 1. The predicted octanol–water partition coefficient (Wildman–Crippen LogP) is 4.41. The molecule has 0 unspecified atom stereocenters. The van der Waals surface area contributed by atoms with Crippen LogP contribution in [-0.2, 0) is 13.1 Å². The Labute approximate surface area is 152 Å². The minimum absolute atomic E-state index is 0.440. The monoisotopic (exact) mass is 390 g/mol. The minimum Gasteiger partial charge on any atom is -0.490 e. The van der Waals surface area contributed by atoms with E-state index in [1.807, 2.05) is 44.2 Å². The molecule has 0 saturated heterocycles. The van der Waals surface area contributed by atoms with E-state index in [-0.39, 0.29) is 0 Å². The summed E-state index contributed by atoms with van der Waals surface area (Å²) in [5.74, 6) is 1.44. The Kier molecular flexibility index (Phi) is 7.28. The Morgan fingerprint density at radius 3 is 2.79 bits per heavy atom. The van der Waals surface area contributed by atoms with Gasteiger partial charge in [-0.15, -0.1) is 0 Å². The van der Waals surface area contributed by atoms with E-state index in [0.717, 1.165) is 40.3 Å². The topological polar surface area (TPSA) is 43.4 Å². The Hall–Kier alpha value is -1.85. The molecule has 1 N–H and O–H groups in total. The molecule has 2 rings (SSSR count). The van der Waals surface area contributed by atoms with Crippen LogP contribution in [0.3, 0.4) is 0 Å². The van der Waals surface area contributed by atoms with E-state index in [2.05, 4.69) is 32.8 Å². The number of rotatable bonds is 9. The molecule has 0 fully saturated rings. The molecule has 0 aliphatic heterocycles. The molecule has 0 atom stereocenters. The fourth-order valence-corrected chi connectivity index (χ4v) is 2.91. The van der Waals surface area contributed by atoms with Gasteiger partial charge in [-0.05, 0) is 59.6 Å². The molecule has 0 amide bonds. The number of aromatic nitrogens is 1. The number of aryl methyl sites for hydroxylation is 1. The van der Waals surface area contributed by atoms with Crippen molar-refractivity contribution in [2.45, 2.75) is 26.9 Å². The Morgan fingerprint density at radius 1 is 1.25 bits per heavy atom. The lowest BCUT2D eigenvalue weighted by atomic mass is 10.2. The molecule has 0 bridgehead atoms. The Balaban J connectivity index is 2.05. The number of nitrogens with one attached hydrogen (secondary N) is 1. The summed E-state index contributed by atoms with van der Waals surface area (Å²) in [6.07, 6.45) is 1.71. The summed E-state index contributed by atoms with van der Waals surface area (Å²) in [5.41, 5.74) is 3.17. The Morgan fingerprint density at radius 2 is 2.08 bits per heavy atom. The van der Waals surface area contributed by atoms with Gasteiger partial charge >= 0.3 is 0 Å². The van der Waals surface area contributed by atoms with Gasteiger partial charge in [-0.2, -0.15) is 0 Å². The highest BCUT2D eigenvalue weighted by Crippen LogP contribution is 2.37. The van der Waals surface area contributed by atoms with E-state index in [1.165, 1.54) is 0 Å². The molecule has 5 heteroatoms. The van der Waals surface area contributed by atoms with E-state index in [9.17, 15) is 0 Å². The zero-order valence-corrected chi connectivity index (χ0v) is 15.7. The number of halogens is 1. The molecule has 0 saturated carbocycles. The van der Waals surface area contributed by atoms with Crippen LogP contribution in [0.1, 0.15) is 23.9 Å². The molecular formula is C19H23BrN2O2. The highest BCUT2D eigenvalue weighted by molar-refractivity contribution is 9.10. The SMILES string of the molecule is C=CCOc1c(Br)cc(CNCc2cccc(C)n2)cc1OCC. The normalized spacial score (nSPS) is 10.5. The van der Waals surface area contributed by atoms with Crippen molar-refractivity contribution in [2.24, 2.45) is 0 Å². The van der Waals surface area contributed by atoms with Gasteiger partial charge in [0.1, 0.15) is 6.61 Å². The number of hydrogen-bond acceptors (Lipinski definition) is 4. The zero-order chi connectivity index (χ0) is 17.4. The highest BCUT2D eigenvalue weighted by atomic mass is 79.9. The van der Waals surface area contributed by atoms with Crippen LogP contribution in [0, 0.1) is 6.92 Å². The molecule has 128 valence electrons. The maximum atomic E-state index is 5.71. The first-order valence-corrected chi connectivity index (χ1v) is 8.75. The van der Waals surface area contributed by atoms with Gasteiger partial charge in [0.25, 0.3) is 0 Å². The standard InChI is InChI=1S/C19H23BrN2O2/c1-4-9-24-19-17(20)10-15(11-18(19)23-5-2)12-21-13-16-8-6-7-14(3)22-16/h4,6-8,10-11,21H,1,5,9,12-13H2,2-3H3. The van der Waals surface area contributed by atoms with Crippen LogP contribution in [0.25, 0.3) is 0 Å². The van der Waals surface area contributed by atoms with Crippen molar-refractivity contribution in [1.29, 1.82) is 0 Å². The van der Waals surface area contributed by atoms with Gasteiger partial charge in [-0.3, -0.25) is 4.98 Å². The summed E-state index contributed by atoms with van der Waals surface area (Å²) >= 11 is 3.57. The molecule has 0 spiro atoms. The third kappa shape index (κ3) is 5.35. The summed E-state index contributed by atoms with van der Waals surface area (Å²) in [6.45, 7) is 10.1. The van der Waals surface area contributed by atoms with Crippen molar-refractivity contribution in [3.8, 4) is 11.5 Å². The van der Waals surface area contributed by atoms with Gasteiger partial charge in [-0.1, -0.05) is 18.7 Å². The van der Waals surface area contributed by atoms with Crippen molar-refractivity contribution in [2.75, 3.05) is 13.2 Å². The molecule has 1 aromatic carbocycles. The lowest BCUT2D eigenvalue weighted by Gasteiger charge is -2.15. The average molecular weight is 391 g/mol. The summed E-state index contributed by atoms with van der Waals surface area (Å²) in [5, 5.41) is 3.41. The second-order valence-electron chi connectivity index (χ2n) is 5.31. The zero-order valence-electron chi connectivity index (χ0n) is 14.1. The smallest absolute Gasteiger partial charge is 0.175 e. The van der Waals surface area contributed by atoms with Crippen LogP contribution >= 0.6 is 15.9 Å². The molecule has 0 aliphatic carbocycles. The van der Waals surface area contributed by atoms with Crippen molar-refractivity contribution in [3.05, 3.63) is 64.4 Å². The van der Waals surface area contributed by atoms with Crippen LogP contribution in [-0.4, -0.2) is 18.2 Å². The number of pyridine rings is 1. The van der Waals surface area contributed by atoms with Gasteiger partial charge in [0.2, 0.25) is 0 Å². The summed E-state index contributed by atoms with van der Waals surface area (Å²) in [7, 11) is 0. The third-order valence-corrected chi connectivity index (χ3v) is 3.88. The van der Waals surface area contributed by atoms with E-state index < -0.39 is 0 Å². The summed E-state index contributed by atoms with van der Waals surface area (Å²) in [4.78, 5) is 4.49. The molecule has 4 nitrogen and oxygen atoms in total. The van der Waals surface area contributed by atoms with Gasteiger partial charge in [0.05, 0.1) is 16.8 Å². The van der Waals surface area contributed by atoms with E-state index in [4.69, 9.17) is 9.47 Å². The van der Waals surface area contributed by atoms with Crippen molar-refractivity contribution in [3.63, 3.8) is 0 Å². The van der Waals surface area contributed by atoms with Crippen LogP contribution in [0.5, 0.6) is 11.5 Å². The van der Waals surface area contributed by atoms with Crippen LogP contribution in [0.2, 0.25) is 0 Å². The summed E-state index contributed by atoms with van der Waals surface area (Å²) < 4.78 is 12.3. The van der Waals surface area contributed by atoms with E-state index >= 15 is 0 Å². The van der Waals surface area contributed by atoms with Crippen molar-refractivity contribution >= 4 is 15.9 Å². The quantitative estimate of drug-likeness (QED) is 0.644. The van der Waals surface area contributed by atoms with E-state index in [1.54, 1.807) is 6.08 Å². The molecule has 1 aromatic heterocycles. The second-order valence-corrected chi connectivity index (χ2v) is 6.17. The lowest BCUT2D eigenvalue weighted by molar-refractivity contribution is 0.295. The fraction of sp³-hybridized carbons (Fsp3) is 0.316. The lowest BCUT2D eigenvalue weighted by Crippen LogP contribution is -2.14. The van der Waals surface area contributed by atoms with Crippen LogP contribution in [0.4, 0.5) is 0 Å². The van der Waals surface area contributed by atoms with Crippen LogP contribution < -0.4 is 14.8 Å². The highest BCUT2D eigenvalue weighted by Gasteiger charge is 2.12. The fourth-order valence-electron chi connectivity index (χ4n) is 2.30. The predicted molar refractivity (Wildman–Crippen MR) is 101 cm³/mol. The number of ether oxygens (including phenoxy) is 2. The first-order chi connectivity index (χ1) is 11.6. The second kappa shape index (κ2) is 9.45. The number of nitrogens with zero attached hydrogens (tertiary/aromatic N) is 1. The van der Waals surface area contributed by atoms with Gasteiger partial charge < -0.3 is 14.8 Å². The van der Waals surface area contributed by atoms with Crippen LogP contribution in [0.15, 0.2) is 47.5 Å². The first-order valence-electron chi connectivity index (χ1n) is 7.96. The van der Waals surface area contributed by atoms with Crippen molar-refractivity contribution < 1.29 is 9.47 Å². The largest absolute Gasteiger partial charge is 0.490 e. The molecule has 1 heterocycles. The molecule has 2 aromatic rings. The Bertz CT molecular complexity index is 689. The van der Waals surface area contributed by atoms with Gasteiger partial charge in [0.15, 0.2) is 11.5 Å². The van der Waals surface area contributed by atoms with E-state index in [0.29, 0.717) is 19.0 Å². The average Bonchev–Trinajstić information content (AvgIpc) is 2.54. The number of benzene rings is 1. The van der Waals surface area contributed by atoms with Gasteiger partial charge in [0, 0.05) is 18.8 Å². The summed E-state index contributed by atoms with van der Waals surface area (Å²) in [6, 6.07) is 10.1. The third-order valence-electron chi connectivity index (χ3n) is 3.30.